The number of unbranched alkanes of at least 4 members (excludes halogenated alkanes) is 31. The second-order valence-corrected chi connectivity index (χ2v) is 22.7. The van der Waals surface area contributed by atoms with E-state index in [2.05, 4.69) is 142 Å². The number of hydrogen-bond donors (Lipinski definition) is 0. The molecular formula is C76H128O6. The van der Waals surface area contributed by atoms with Crippen molar-refractivity contribution in [3.8, 4) is 0 Å². The lowest BCUT2D eigenvalue weighted by Crippen LogP contribution is -2.30. The van der Waals surface area contributed by atoms with Crippen LogP contribution in [0, 0.1) is 0 Å². The Bertz CT molecular complexity index is 1690. The van der Waals surface area contributed by atoms with Crippen LogP contribution < -0.4 is 0 Å². The number of hydrogen-bond acceptors (Lipinski definition) is 6. The van der Waals surface area contributed by atoms with Crippen LogP contribution in [0.5, 0.6) is 0 Å². The average molecular weight is 1140 g/mol. The van der Waals surface area contributed by atoms with Crippen molar-refractivity contribution in [2.45, 2.75) is 329 Å². The summed E-state index contributed by atoms with van der Waals surface area (Å²) in [7, 11) is 0. The summed E-state index contributed by atoms with van der Waals surface area (Å²) in [4.78, 5) is 38.4. The third-order valence-corrected chi connectivity index (χ3v) is 14.7. The van der Waals surface area contributed by atoms with Crippen molar-refractivity contribution in [2.75, 3.05) is 13.2 Å². The number of esters is 3. The predicted octanol–water partition coefficient (Wildman–Crippen LogP) is 23.9. The highest BCUT2D eigenvalue weighted by Gasteiger charge is 2.19. The Kier molecular flexibility index (Phi) is 65.8. The van der Waals surface area contributed by atoms with Crippen LogP contribution in [0.15, 0.2) is 122 Å². The summed E-state index contributed by atoms with van der Waals surface area (Å²) >= 11 is 0. The molecular weight excluding hydrogens is 1010 g/mol. The minimum atomic E-state index is -0.791. The Morgan fingerprint density at radius 3 is 0.756 bits per heavy atom. The van der Waals surface area contributed by atoms with E-state index < -0.39 is 6.10 Å². The predicted molar refractivity (Wildman–Crippen MR) is 357 cm³/mol. The van der Waals surface area contributed by atoms with Crippen molar-refractivity contribution in [2.24, 2.45) is 0 Å². The van der Waals surface area contributed by atoms with E-state index in [9.17, 15) is 14.4 Å². The van der Waals surface area contributed by atoms with Crippen molar-refractivity contribution in [1.82, 2.24) is 0 Å². The summed E-state index contributed by atoms with van der Waals surface area (Å²) in [5.41, 5.74) is 0. The molecule has 0 aliphatic rings. The van der Waals surface area contributed by atoms with Crippen LogP contribution in [0.25, 0.3) is 0 Å². The van der Waals surface area contributed by atoms with Crippen molar-refractivity contribution in [1.29, 1.82) is 0 Å². The Hall–Kier alpha value is -4.19. The van der Waals surface area contributed by atoms with Crippen LogP contribution in [0.2, 0.25) is 0 Å². The molecule has 0 fully saturated rings. The van der Waals surface area contributed by atoms with Gasteiger partial charge in [-0.2, -0.15) is 0 Å². The average Bonchev–Trinajstić information content (AvgIpc) is 3.47. The van der Waals surface area contributed by atoms with Crippen molar-refractivity contribution in [3.05, 3.63) is 122 Å². The topological polar surface area (TPSA) is 78.9 Å². The van der Waals surface area contributed by atoms with E-state index >= 15 is 0 Å². The zero-order chi connectivity index (χ0) is 59.2. The molecule has 0 spiro atoms. The third-order valence-electron chi connectivity index (χ3n) is 14.7. The van der Waals surface area contributed by atoms with Crippen LogP contribution in [-0.4, -0.2) is 37.2 Å². The monoisotopic (exact) mass is 1140 g/mol. The van der Waals surface area contributed by atoms with Crippen LogP contribution >= 0.6 is 0 Å². The van der Waals surface area contributed by atoms with E-state index in [0.29, 0.717) is 19.3 Å². The molecule has 6 heteroatoms. The van der Waals surface area contributed by atoms with Gasteiger partial charge in [-0.25, -0.2) is 0 Å². The molecule has 0 aromatic rings. The summed E-state index contributed by atoms with van der Waals surface area (Å²) in [5.74, 6) is -0.896. The third kappa shape index (κ3) is 66.6. The highest BCUT2D eigenvalue weighted by atomic mass is 16.6. The van der Waals surface area contributed by atoms with Gasteiger partial charge < -0.3 is 14.2 Å². The summed E-state index contributed by atoms with van der Waals surface area (Å²) in [6, 6.07) is 0. The zero-order valence-electron chi connectivity index (χ0n) is 53.7. The summed E-state index contributed by atoms with van der Waals surface area (Å²) < 4.78 is 16.9. The molecule has 1 unspecified atom stereocenters. The van der Waals surface area contributed by atoms with Gasteiger partial charge in [0.15, 0.2) is 6.10 Å². The van der Waals surface area contributed by atoms with Crippen molar-refractivity contribution >= 4 is 17.9 Å². The first-order chi connectivity index (χ1) is 40.5. The number of carbonyl (C=O) groups is 3. The van der Waals surface area contributed by atoms with Gasteiger partial charge in [0.2, 0.25) is 0 Å². The second kappa shape index (κ2) is 69.3. The first kappa shape index (κ1) is 77.8. The molecule has 0 aliphatic heterocycles. The molecule has 0 radical (unpaired) electrons. The maximum atomic E-state index is 12.9. The first-order valence-electron chi connectivity index (χ1n) is 34.5. The fourth-order valence-electron chi connectivity index (χ4n) is 9.55. The van der Waals surface area contributed by atoms with Gasteiger partial charge in [-0.1, -0.05) is 309 Å². The molecule has 82 heavy (non-hydrogen) atoms. The molecule has 0 N–H and O–H groups in total. The van der Waals surface area contributed by atoms with Crippen molar-refractivity contribution < 1.29 is 28.6 Å². The van der Waals surface area contributed by atoms with E-state index in [1.165, 1.54) is 141 Å². The lowest BCUT2D eigenvalue weighted by atomic mass is 10.0. The lowest BCUT2D eigenvalue weighted by molar-refractivity contribution is -0.167. The minimum absolute atomic E-state index is 0.0845. The van der Waals surface area contributed by atoms with Gasteiger partial charge in [-0.15, -0.1) is 0 Å². The molecule has 0 saturated carbocycles. The molecule has 0 aliphatic carbocycles. The van der Waals surface area contributed by atoms with Gasteiger partial charge in [0, 0.05) is 19.3 Å². The van der Waals surface area contributed by atoms with E-state index in [1.807, 2.05) is 0 Å². The Morgan fingerprint density at radius 1 is 0.256 bits per heavy atom. The maximum Gasteiger partial charge on any atom is 0.306 e. The van der Waals surface area contributed by atoms with E-state index in [0.717, 1.165) is 141 Å². The molecule has 0 rings (SSSR count). The Morgan fingerprint density at radius 2 is 0.476 bits per heavy atom. The number of allylic oxidation sites excluding steroid dienone is 20. The summed E-state index contributed by atoms with van der Waals surface area (Å²) in [6.45, 7) is 6.52. The van der Waals surface area contributed by atoms with E-state index in [-0.39, 0.29) is 31.1 Å². The molecule has 0 aromatic heterocycles. The normalized spacial score (nSPS) is 12.9. The summed E-state index contributed by atoms with van der Waals surface area (Å²) in [5, 5.41) is 0. The SMILES string of the molecule is CC/C=C\C/C=C\C/C=C\C/C=C\C/C=C\C/C=C\C/C=C\C/C=C\CCCCCCCCCCC(=O)OCC(COC(=O)CCCCCCCCCCCCCCCCC)OC(=O)CCCCCCC/C=C\C/C=C\CCCCCC. The van der Waals surface area contributed by atoms with Gasteiger partial charge in [0.05, 0.1) is 0 Å². The van der Waals surface area contributed by atoms with Crippen LogP contribution in [0.4, 0.5) is 0 Å². The fraction of sp³-hybridized carbons (Fsp3) is 0.697. The van der Waals surface area contributed by atoms with E-state index in [4.69, 9.17) is 14.2 Å². The second-order valence-electron chi connectivity index (χ2n) is 22.7. The van der Waals surface area contributed by atoms with Gasteiger partial charge in [-0.05, 0) is 116 Å². The lowest BCUT2D eigenvalue weighted by Gasteiger charge is -2.18. The number of carbonyl (C=O) groups excluding carboxylic acids is 3. The first-order valence-corrected chi connectivity index (χ1v) is 34.5. The quantitative estimate of drug-likeness (QED) is 0.0261. The van der Waals surface area contributed by atoms with E-state index in [1.54, 1.807) is 0 Å². The van der Waals surface area contributed by atoms with Crippen LogP contribution in [0.1, 0.15) is 323 Å². The number of rotatable bonds is 62. The highest BCUT2D eigenvalue weighted by Crippen LogP contribution is 2.16. The molecule has 0 heterocycles. The van der Waals surface area contributed by atoms with Gasteiger partial charge in [-0.3, -0.25) is 14.4 Å². The van der Waals surface area contributed by atoms with Crippen LogP contribution in [-0.2, 0) is 28.6 Å². The number of ether oxygens (including phenoxy) is 3. The zero-order valence-corrected chi connectivity index (χ0v) is 53.7. The standard InChI is InChI=1S/C76H128O6/c1-4-7-10-13-16-19-22-25-28-30-31-32-33-34-35-36-37-38-39-40-41-42-43-44-45-46-49-51-54-57-60-63-66-69-75(78)81-72-73(71-80-74(77)68-65-62-59-56-53-50-47-27-24-21-18-15-12-9-6-3)82-76(79)70-67-64-61-58-55-52-48-29-26-23-20-17-14-11-8-5-2/h7,10,16,19-20,23,25,28-29,31-32,34-35,37-38,40-41,43-44,48,73H,4-6,8-9,11-15,17-18,21-22,24,26-27,30,33,36,39,42,45-47,49-72H2,1-3H3/b10-7-,19-16-,23-20-,28-25-,32-31-,35-34-,38-37-,41-40-,44-43-,48-29-. The molecule has 0 bridgehead atoms. The summed E-state index contributed by atoms with van der Waals surface area (Å²) in [6.07, 6.45) is 96.4. The largest absolute Gasteiger partial charge is 0.462 e. The maximum absolute atomic E-state index is 12.9. The molecule has 1 atom stereocenters. The fourth-order valence-corrected chi connectivity index (χ4v) is 9.55. The molecule has 0 saturated heterocycles. The smallest absolute Gasteiger partial charge is 0.306 e. The Labute approximate surface area is 507 Å². The van der Waals surface area contributed by atoms with Gasteiger partial charge >= 0.3 is 17.9 Å². The highest BCUT2D eigenvalue weighted by molar-refractivity contribution is 5.71. The van der Waals surface area contributed by atoms with Crippen molar-refractivity contribution in [3.63, 3.8) is 0 Å². The molecule has 468 valence electrons. The van der Waals surface area contributed by atoms with Gasteiger partial charge in [0.25, 0.3) is 0 Å². The molecule has 0 aromatic carbocycles. The molecule has 6 nitrogen and oxygen atoms in total. The Balaban J connectivity index is 4.30. The van der Waals surface area contributed by atoms with Gasteiger partial charge in [0.1, 0.15) is 13.2 Å². The minimum Gasteiger partial charge on any atom is -0.462 e. The molecule has 0 amide bonds. The van der Waals surface area contributed by atoms with Crippen LogP contribution in [0.3, 0.4) is 0 Å².